The lowest BCUT2D eigenvalue weighted by atomic mass is 9.87. The molecule has 0 aliphatic rings. The third-order valence-electron chi connectivity index (χ3n) is 7.51. The quantitative estimate of drug-likeness (QED) is 0.175. The molecule has 218 valence electrons. The molecule has 41 heavy (non-hydrogen) atoms. The maximum Gasteiger partial charge on any atom is 0.266 e. The van der Waals surface area contributed by atoms with Crippen molar-refractivity contribution in [1.29, 1.82) is 0 Å². The highest BCUT2D eigenvalue weighted by Crippen LogP contribution is 2.31. The summed E-state index contributed by atoms with van der Waals surface area (Å²) in [5.74, 6) is 0.346. The summed E-state index contributed by atoms with van der Waals surface area (Å²) in [6.07, 6.45) is 3.66. The van der Waals surface area contributed by atoms with E-state index in [1.54, 1.807) is 30.3 Å². The largest absolute Gasteiger partial charge is 0.268 e. The fourth-order valence-corrected chi connectivity index (χ4v) is 6.80. The summed E-state index contributed by atoms with van der Waals surface area (Å²) < 4.78 is 31.6. The van der Waals surface area contributed by atoms with Crippen molar-refractivity contribution in [3.05, 3.63) is 99.1 Å². The van der Waals surface area contributed by atoms with Crippen LogP contribution >= 0.6 is 11.6 Å². The fraction of sp³-hybridized carbons (Fsp3) is 0.394. The van der Waals surface area contributed by atoms with Gasteiger partial charge in [-0.3, -0.25) is 9.36 Å². The topological polar surface area (TPSA) is 72.3 Å². The Labute approximate surface area is 249 Å². The number of benzene rings is 3. The molecule has 3 aromatic carbocycles. The standard InChI is InChI=1S/C33H40ClN3O3S/c1-7-8-9-10-21-36(41(39,40)28-18-13-25(14-19-28)33(4,5)6)24(3)31-35-30-22-26(34)15-20-29(30)32(38)37(31)27-16-11-23(2)12-17-27/h11-20,22,24H,7-10,21H2,1-6H3. The van der Waals surface area contributed by atoms with Crippen molar-refractivity contribution >= 4 is 32.5 Å². The van der Waals surface area contributed by atoms with Crippen molar-refractivity contribution in [2.24, 2.45) is 0 Å². The Morgan fingerprint density at radius 2 is 1.61 bits per heavy atom. The Hall–Kier alpha value is -3.00. The number of unbranched alkanes of at least 4 members (excludes halogenated alkanes) is 3. The van der Waals surface area contributed by atoms with Gasteiger partial charge in [0, 0.05) is 11.6 Å². The lowest BCUT2D eigenvalue weighted by Gasteiger charge is -2.30. The fourth-order valence-electron chi connectivity index (χ4n) is 5.01. The molecule has 0 spiro atoms. The van der Waals surface area contributed by atoms with Gasteiger partial charge in [-0.15, -0.1) is 0 Å². The molecular formula is C33H40ClN3O3S. The molecule has 4 rings (SSSR count). The van der Waals surface area contributed by atoms with Crippen molar-refractivity contribution in [1.82, 2.24) is 13.9 Å². The van der Waals surface area contributed by atoms with Crippen LogP contribution in [0.3, 0.4) is 0 Å². The number of fused-ring (bicyclic) bond motifs is 1. The van der Waals surface area contributed by atoms with Gasteiger partial charge in [0.1, 0.15) is 5.82 Å². The summed E-state index contributed by atoms with van der Waals surface area (Å²) in [6.45, 7) is 12.5. The lowest BCUT2D eigenvalue weighted by molar-refractivity contribution is 0.319. The molecule has 1 unspecified atom stereocenters. The molecule has 1 heterocycles. The molecule has 0 aliphatic heterocycles. The van der Waals surface area contributed by atoms with Crippen LogP contribution in [0, 0.1) is 6.92 Å². The van der Waals surface area contributed by atoms with Crippen LogP contribution in [-0.4, -0.2) is 28.8 Å². The minimum atomic E-state index is -3.93. The highest BCUT2D eigenvalue weighted by Gasteiger charge is 2.33. The number of hydrogen-bond acceptors (Lipinski definition) is 4. The van der Waals surface area contributed by atoms with Crippen LogP contribution in [0.1, 0.15) is 83.3 Å². The van der Waals surface area contributed by atoms with E-state index in [0.717, 1.165) is 30.4 Å². The van der Waals surface area contributed by atoms with Crippen LogP contribution in [0.2, 0.25) is 5.02 Å². The summed E-state index contributed by atoms with van der Waals surface area (Å²) >= 11 is 6.28. The Kier molecular flexibility index (Phi) is 9.42. The Bertz CT molecular complexity index is 1670. The van der Waals surface area contributed by atoms with Gasteiger partial charge in [-0.2, -0.15) is 4.31 Å². The van der Waals surface area contributed by atoms with Gasteiger partial charge in [0.25, 0.3) is 5.56 Å². The summed E-state index contributed by atoms with van der Waals surface area (Å²) in [5.41, 5.74) is 2.80. The van der Waals surface area contributed by atoms with Gasteiger partial charge < -0.3 is 0 Å². The molecule has 1 atom stereocenters. The van der Waals surface area contributed by atoms with E-state index in [4.69, 9.17) is 16.6 Å². The van der Waals surface area contributed by atoms with E-state index in [2.05, 4.69) is 27.7 Å². The predicted octanol–water partition coefficient (Wildman–Crippen LogP) is 7.98. The summed E-state index contributed by atoms with van der Waals surface area (Å²) in [6, 6.07) is 19.0. The van der Waals surface area contributed by atoms with Gasteiger partial charge >= 0.3 is 0 Å². The number of sulfonamides is 1. The zero-order valence-corrected chi connectivity index (χ0v) is 26.4. The maximum atomic E-state index is 14.3. The summed E-state index contributed by atoms with van der Waals surface area (Å²) in [4.78, 5) is 19.0. The summed E-state index contributed by atoms with van der Waals surface area (Å²) in [5, 5.41) is 0.875. The first-order chi connectivity index (χ1) is 19.3. The molecule has 8 heteroatoms. The van der Waals surface area contributed by atoms with E-state index in [0.29, 0.717) is 40.4 Å². The zero-order chi connectivity index (χ0) is 29.9. The van der Waals surface area contributed by atoms with Crippen LogP contribution < -0.4 is 5.56 Å². The van der Waals surface area contributed by atoms with Gasteiger partial charge in [-0.1, -0.05) is 88.4 Å². The first-order valence-electron chi connectivity index (χ1n) is 14.3. The number of aromatic nitrogens is 2. The number of rotatable bonds is 10. The molecule has 0 radical (unpaired) electrons. The first kappa shape index (κ1) is 30.9. The van der Waals surface area contributed by atoms with E-state index in [1.807, 2.05) is 50.2 Å². The Balaban J connectivity index is 1.90. The molecule has 0 saturated carbocycles. The highest BCUT2D eigenvalue weighted by molar-refractivity contribution is 7.89. The van der Waals surface area contributed by atoms with Crippen LogP contribution in [0.4, 0.5) is 0 Å². The molecule has 0 N–H and O–H groups in total. The van der Waals surface area contributed by atoms with Gasteiger partial charge in [0.15, 0.2) is 0 Å². The molecule has 0 saturated heterocycles. The van der Waals surface area contributed by atoms with Crippen LogP contribution in [0.15, 0.2) is 76.4 Å². The first-order valence-corrected chi connectivity index (χ1v) is 16.1. The normalized spacial score (nSPS) is 13.2. The van der Waals surface area contributed by atoms with Gasteiger partial charge in [-0.25, -0.2) is 13.4 Å². The van der Waals surface area contributed by atoms with Gasteiger partial charge in [-0.05, 0) is 73.7 Å². The molecular weight excluding hydrogens is 554 g/mol. The SMILES string of the molecule is CCCCCCN(C(C)c1nc2cc(Cl)ccc2c(=O)n1-c1ccc(C)cc1)S(=O)(=O)c1ccc(C(C)(C)C)cc1. The second-order valence-corrected chi connectivity index (χ2v) is 14.1. The molecule has 6 nitrogen and oxygen atoms in total. The number of nitrogens with zero attached hydrogens (tertiary/aromatic N) is 3. The van der Waals surface area contributed by atoms with Crippen molar-refractivity contribution in [2.45, 2.75) is 83.6 Å². The van der Waals surface area contributed by atoms with Gasteiger partial charge in [0.2, 0.25) is 10.0 Å². The van der Waals surface area contributed by atoms with Crippen molar-refractivity contribution in [3.8, 4) is 5.69 Å². The molecule has 0 aliphatic carbocycles. The predicted molar refractivity (Wildman–Crippen MR) is 169 cm³/mol. The number of halogens is 1. The van der Waals surface area contributed by atoms with Crippen LogP contribution in [0.5, 0.6) is 0 Å². The monoisotopic (exact) mass is 593 g/mol. The Morgan fingerprint density at radius 3 is 2.22 bits per heavy atom. The average molecular weight is 594 g/mol. The van der Waals surface area contributed by atoms with Crippen molar-refractivity contribution in [2.75, 3.05) is 6.54 Å². The average Bonchev–Trinajstić information content (AvgIpc) is 2.92. The molecule has 0 amide bonds. The molecule has 4 aromatic rings. The van der Waals surface area contributed by atoms with Crippen LogP contribution in [0.25, 0.3) is 16.6 Å². The maximum absolute atomic E-state index is 14.3. The molecule has 0 bridgehead atoms. The van der Waals surface area contributed by atoms with E-state index in [-0.39, 0.29) is 15.9 Å². The minimum Gasteiger partial charge on any atom is -0.268 e. The van der Waals surface area contributed by atoms with E-state index < -0.39 is 16.1 Å². The summed E-state index contributed by atoms with van der Waals surface area (Å²) in [7, 11) is -3.93. The van der Waals surface area contributed by atoms with Gasteiger partial charge in [0.05, 0.1) is 27.5 Å². The third kappa shape index (κ3) is 6.74. The second-order valence-electron chi connectivity index (χ2n) is 11.7. The highest BCUT2D eigenvalue weighted by atomic mass is 35.5. The zero-order valence-electron chi connectivity index (χ0n) is 24.8. The van der Waals surface area contributed by atoms with E-state index in [9.17, 15) is 13.2 Å². The smallest absolute Gasteiger partial charge is 0.266 e. The molecule has 0 fully saturated rings. The van der Waals surface area contributed by atoms with Crippen LogP contribution in [-0.2, 0) is 15.4 Å². The van der Waals surface area contributed by atoms with E-state index in [1.165, 1.54) is 8.87 Å². The third-order valence-corrected chi connectivity index (χ3v) is 9.73. The van der Waals surface area contributed by atoms with E-state index >= 15 is 0 Å². The Morgan fingerprint density at radius 1 is 0.951 bits per heavy atom. The minimum absolute atomic E-state index is 0.101. The number of hydrogen-bond donors (Lipinski definition) is 0. The molecule has 1 aromatic heterocycles. The lowest BCUT2D eigenvalue weighted by Crippen LogP contribution is -2.38. The van der Waals surface area contributed by atoms with Crippen molar-refractivity contribution < 1.29 is 8.42 Å². The second kappa shape index (κ2) is 12.5. The van der Waals surface area contributed by atoms with Crippen molar-refractivity contribution in [3.63, 3.8) is 0 Å². The number of aryl methyl sites for hydroxylation is 1.